The highest BCUT2D eigenvalue weighted by molar-refractivity contribution is 6.04. The fourth-order valence-electron chi connectivity index (χ4n) is 12.0. The molecule has 432 valence electrons. The topological polar surface area (TPSA) is 182 Å². The number of halogens is 4. The molecule has 4 aliphatic rings. The second-order valence-electron chi connectivity index (χ2n) is 22.2. The Labute approximate surface area is 478 Å². The maximum absolute atomic E-state index is 15.6. The van der Waals surface area contributed by atoms with Gasteiger partial charge >= 0.3 is 6.01 Å². The van der Waals surface area contributed by atoms with E-state index in [-0.39, 0.29) is 65.8 Å². The number of anilines is 1. The second kappa shape index (κ2) is 24.3. The summed E-state index contributed by atoms with van der Waals surface area (Å²) in [5, 5.41) is 28.2. The molecule has 16 nitrogen and oxygen atoms in total. The molecule has 8 aromatic rings. The molecule has 2 amide bonds. The highest BCUT2D eigenvalue weighted by Crippen LogP contribution is 2.45. The number of hydrogen-bond donors (Lipinski definition) is 3. The van der Waals surface area contributed by atoms with Gasteiger partial charge in [-0.15, -0.1) is 5.10 Å². The zero-order valence-corrected chi connectivity index (χ0v) is 46.9. The third-order valence-electron chi connectivity index (χ3n) is 16.4. The van der Waals surface area contributed by atoms with E-state index in [0.29, 0.717) is 99.7 Å². The van der Waals surface area contributed by atoms with Crippen molar-refractivity contribution in [3.63, 3.8) is 0 Å². The van der Waals surface area contributed by atoms with Crippen LogP contribution in [0.3, 0.4) is 0 Å². The number of aryl methyl sites for hydroxylation is 1. The first-order valence-electron chi connectivity index (χ1n) is 28.4. The van der Waals surface area contributed by atoms with Gasteiger partial charge in [0, 0.05) is 80.1 Å². The van der Waals surface area contributed by atoms with Crippen LogP contribution in [0.4, 0.5) is 23.4 Å². The summed E-state index contributed by atoms with van der Waals surface area (Å²) in [5.74, 6) is -1.94. The van der Waals surface area contributed by atoms with Crippen molar-refractivity contribution in [2.45, 2.75) is 116 Å². The van der Waals surface area contributed by atoms with E-state index in [2.05, 4.69) is 32.8 Å². The number of fused-ring (bicyclic) bond motifs is 4. The monoisotopic (exact) mass is 1130 g/mol. The maximum atomic E-state index is 15.6. The quantitative estimate of drug-likeness (QED) is 0.0615. The number of likely N-dealkylation sites (tertiary alicyclic amines) is 1. The first-order chi connectivity index (χ1) is 40.2. The van der Waals surface area contributed by atoms with Gasteiger partial charge in [-0.2, -0.15) is 9.97 Å². The number of nitrogens with one attached hydrogen (secondary N) is 2. The lowest BCUT2D eigenvalue weighted by atomic mass is 9.94. The van der Waals surface area contributed by atoms with E-state index >= 15 is 4.39 Å². The van der Waals surface area contributed by atoms with E-state index in [1.165, 1.54) is 18.2 Å². The number of ether oxygens (including phenoxy) is 3. The molecule has 5 unspecified atom stereocenters. The SMILES string of the molecule is CC(NC=O)c1ccc(-c2c(F)cc(F)cc2F)cc1.CCc1c(F)ccc2cc(O)cc(-c3ncc4c(N5CC6CC5CN6)nc(OC5CCOCC5)nc4c3OCc3ccc(-c4cn(C(C(=O)N5CCCC5C)C(C)C)nn4)cc3)c12. The van der Waals surface area contributed by atoms with Gasteiger partial charge in [0.25, 0.3) is 0 Å². The summed E-state index contributed by atoms with van der Waals surface area (Å²) in [6, 6.07) is 22.4. The molecule has 2 bridgehead atoms. The number of carbonyl (C=O) groups excluding carboxylic acids is 2. The van der Waals surface area contributed by atoms with Crippen LogP contribution in [0.15, 0.2) is 97.3 Å². The molecule has 4 fully saturated rings. The lowest BCUT2D eigenvalue weighted by Gasteiger charge is -2.30. The van der Waals surface area contributed by atoms with Crippen molar-refractivity contribution < 1.29 is 46.5 Å². The molecule has 5 atom stereocenters. The molecular formula is C63H66F4N10O6. The second-order valence-corrected chi connectivity index (χ2v) is 22.2. The smallest absolute Gasteiger partial charge is 0.319 e. The Morgan fingerprint density at radius 2 is 1.67 bits per heavy atom. The zero-order valence-electron chi connectivity index (χ0n) is 46.9. The maximum Gasteiger partial charge on any atom is 0.319 e. The minimum Gasteiger partial charge on any atom is -0.508 e. The van der Waals surface area contributed by atoms with E-state index in [9.17, 15) is 27.9 Å². The van der Waals surface area contributed by atoms with Gasteiger partial charge in [0.1, 0.15) is 70.5 Å². The van der Waals surface area contributed by atoms with Gasteiger partial charge in [-0.05, 0) is 96.7 Å². The third-order valence-corrected chi connectivity index (χ3v) is 16.4. The average Bonchev–Trinajstić information content (AvgIpc) is 4.51. The number of pyridine rings is 1. The molecule has 4 aliphatic heterocycles. The van der Waals surface area contributed by atoms with Crippen molar-refractivity contribution in [3.8, 4) is 51.2 Å². The Hall–Kier alpha value is -8.23. The van der Waals surface area contributed by atoms with Crippen LogP contribution < -0.4 is 25.0 Å². The van der Waals surface area contributed by atoms with Crippen LogP contribution in [0.25, 0.3) is 55.3 Å². The van der Waals surface area contributed by atoms with Crippen LogP contribution in [0, 0.1) is 29.2 Å². The van der Waals surface area contributed by atoms with E-state index in [1.807, 2.05) is 56.1 Å². The van der Waals surface area contributed by atoms with E-state index in [0.717, 1.165) is 74.2 Å². The summed E-state index contributed by atoms with van der Waals surface area (Å²) in [4.78, 5) is 43.6. The lowest BCUT2D eigenvalue weighted by Crippen LogP contribution is -2.44. The third kappa shape index (κ3) is 11.8. The molecule has 0 saturated carbocycles. The molecule has 7 heterocycles. The van der Waals surface area contributed by atoms with Crippen molar-refractivity contribution in [1.82, 2.24) is 45.5 Å². The standard InChI is InChI=1S/C48H54FN9O5.C15H12F3NO/c1-5-36-39(49)13-12-31-19-34(59)21-37(41(31)36)42-45(43-38(23-51-42)46(57-24-32-20-33(57)22-50-32)53-48(52-43)63-35-14-17-61-18-15-35)62-26-29-8-10-30(11-9-29)40-25-58(55-54-40)44(27(2)3)47(60)56-16-6-7-28(56)4;1-9(19-8-20)10-2-4-11(5-3-10)15-13(17)6-12(16)7-14(15)18/h8-13,19,21,23,25,27-28,32-33,35,44,50,59H,5-7,14-18,20,22,24,26H2,1-4H3;2-9H,1H3,(H,19,20). The minimum absolute atomic E-state index is 0.0220. The minimum atomic E-state index is -0.954. The largest absolute Gasteiger partial charge is 0.508 e. The first-order valence-corrected chi connectivity index (χ1v) is 28.4. The fourth-order valence-corrected chi connectivity index (χ4v) is 12.0. The van der Waals surface area contributed by atoms with Crippen LogP contribution in [0.1, 0.15) is 95.5 Å². The predicted molar refractivity (Wildman–Crippen MR) is 307 cm³/mol. The van der Waals surface area contributed by atoms with Crippen molar-refractivity contribution in [2.24, 2.45) is 5.92 Å². The summed E-state index contributed by atoms with van der Waals surface area (Å²) in [6.07, 6.45) is 9.02. The Bertz CT molecular complexity index is 3650. The zero-order chi connectivity index (χ0) is 58.1. The van der Waals surface area contributed by atoms with Crippen molar-refractivity contribution >= 4 is 39.8 Å². The summed E-state index contributed by atoms with van der Waals surface area (Å²) in [6.45, 7) is 13.6. The Balaban J connectivity index is 0.000000305. The molecule has 12 rings (SSSR count). The number of amides is 2. The van der Waals surface area contributed by atoms with E-state index in [4.69, 9.17) is 29.2 Å². The molecule has 0 aliphatic carbocycles. The molecule has 5 aromatic carbocycles. The number of rotatable bonds is 16. The highest BCUT2D eigenvalue weighted by atomic mass is 19.1. The number of benzene rings is 5. The molecule has 0 spiro atoms. The Morgan fingerprint density at radius 1 is 0.928 bits per heavy atom. The molecule has 83 heavy (non-hydrogen) atoms. The number of nitrogens with zero attached hydrogens (tertiary/aromatic N) is 8. The first kappa shape index (κ1) is 56.6. The van der Waals surface area contributed by atoms with Gasteiger partial charge in [0.15, 0.2) is 5.75 Å². The molecule has 20 heteroatoms. The van der Waals surface area contributed by atoms with Gasteiger partial charge in [0.2, 0.25) is 12.3 Å². The predicted octanol–water partition coefficient (Wildman–Crippen LogP) is 11.0. The number of piperazine rings is 1. The highest BCUT2D eigenvalue weighted by Gasteiger charge is 2.40. The van der Waals surface area contributed by atoms with Gasteiger partial charge in [-0.1, -0.05) is 80.6 Å². The Kier molecular flexibility index (Phi) is 16.6. The lowest BCUT2D eigenvalue weighted by molar-refractivity contribution is -0.137. The molecule has 3 N–H and O–H groups in total. The van der Waals surface area contributed by atoms with Crippen LogP contribution in [-0.2, 0) is 27.4 Å². The van der Waals surface area contributed by atoms with Crippen LogP contribution in [-0.4, -0.2) is 109 Å². The van der Waals surface area contributed by atoms with Crippen LogP contribution >= 0.6 is 0 Å². The summed E-state index contributed by atoms with van der Waals surface area (Å²) < 4.78 is 76.5. The van der Waals surface area contributed by atoms with Gasteiger partial charge < -0.3 is 39.8 Å². The molecule has 0 radical (unpaired) electrons. The van der Waals surface area contributed by atoms with Crippen LogP contribution in [0.5, 0.6) is 17.5 Å². The normalized spacial score (nSPS) is 18.6. The van der Waals surface area contributed by atoms with Gasteiger partial charge in [-0.25, -0.2) is 22.2 Å². The number of aromatic nitrogens is 6. The summed E-state index contributed by atoms with van der Waals surface area (Å²) in [5.41, 5.74) is 5.20. The number of phenols is 1. The van der Waals surface area contributed by atoms with E-state index in [1.54, 1.807) is 48.1 Å². The van der Waals surface area contributed by atoms with Crippen molar-refractivity contribution in [1.29, 1.82) is 0 Å². The van der Waals surface area contributed by atoms with Gasteiger partial charge in [-0.3, -0.25) is 14.6 Å². The number of hydrogen-bond acceptors (Lipinski definition) is 13. The van der Waals surface area contributed by atoms with Crippen LogP contribution in [0.2, 0.25) is 0 Å². The number of phenolic OH excluding ortho intramolecular Hbond substituents is 1. The van der Waals surface area contributed by atoms with Gasteiger partial charge in [0.05, 0.1) is 36.4 Å². The summed E-state index contributed by atoms with van der Waals surface area (Å²) in [7, 11) is 0. The van der Waals surface area contributed by atoms with Crippen molar-refractivity contribution in [2.75, 3.05) is 37.7 Å². The fraction of sp³-hybridized carbons (Fsp3) is 0.381. The van der Waals surface area contributed by atoms with Crippen molar-refractivity contribution in [3.05, 3.63) is 137 Å². The average molecular weight is 1140 g/mol. The number of carbonyl (C=O) groups is 2. The number of aromatic hydroxyl groups is 1. The Morgan fingerprint density at radius 3 is 2.34 bits per heavy atom. The summed E-state index contributed by atoms with van der Waals surface area (Å²) >= 11 is 0. The molecular weight excluding hydrogens is 1070 g/mol. The molecule has 4 saturated heterocycles. The molecule has 3 aromatic heterocycles. The van der Waals surface area contributed by atoms with E-state index < -0.39 is 23.5 Å².